The fourth-order valence-electron chi connectivity index (χ4n) is 7.47. The van der Waals surface area contributed by atoms with E-state index in [2.05, 4.69) is 206 Å². The van der Waals surface area contributed by atoms with Crippen LogP contribution in [0.5, 0.6) is 0 Å². The highest BCUT2D eigenvalue weighted by atomic mass is 32.1. The predicted molar refractivity (Wildman–Crippen MR) is 233 cm³/mol. The van der Waals surface area contributed by atoms with Crippen LogP contribution in [0.25, 0.3) is 98.6 Å². The smallest absolute Gasteiger partial charge is 0.160 e. The number of nitrogens with zero attached hydrogens (tertiary/aromatic N) is 2. The van der Waals surface area contributed by atoms with Crippen LogP contribution in [0.2, 0.25) is 0 Å². The van der Waals surface area contributed by atoms with Crippen LogP contribution in [0, 0.1) is 0 Å². The third-order valence-corrected chi connectivity index (χ3v) is 11.4. The monoisotopic (exact) mass is 718 g/mol. The number of benzene rings is 8. The van der Waals surface area contributed by atoms with Crippen molar-refractivity contribution in [3.05, 3.63) is 206 Å². The van der Waals surface area contributed by atoms with Crippen LogP contribution in [0.3, 0.4) is 0 Å². The molecule has 0 spiro atoms. The first kappa shape index (κ1) is 32.7. The lowest BCUT2D eigenvalue weighted by Gasteiger charge is -2.13. The van der Waals surface area contributed by atoms with E-state index in [1.807, 2.05) is 0 Å². The molecule has 2 heterocycles. The van der Waals surface area contributed by atoms with E-state index >= 15 is 0 Å². The van der Waals surface area contributed by atoms with Gasteiger partial charge in [0, 0.05) is 21.2 Å². The number of rotatable bonds is 7. The lowest BCUT2D eigenvalue weighted by Crippen LogP contribution is -1.94. The summed E-state index contributed by atoms with van der Waals surface area (Å²) in [6.45, 7) is 0. The van der Waals surface area contributed by atoms with Gasteiger partial charge in [-0.15, -0.1) is 11.3 Å². The molecule has 0 aliphatic carbocycles. The maximum Gasteiger partial charge on any atom is 0.160 e. The second-order valence-electron chi connectivity index (χ2n) is 13.8. The zero-order chi connectivity index (χ0) is 36.6. The van der Waals surface area contributed by atoms with Gasteiger partial charge in [-0.2, -0.15) is 0 Å². The van der Waals surface area contributed by atoms with Crippen molar-refractivity contribution in [3.63, 3.8) is 0 Å². The highest BCUT2D eigenvalue weighted by Crippen LogP contribution is 2.40. The van der Waals surface area contributed by atoms with E-state index < -0.39 is 0 Å². The maximum atomic E-state index is 5.26. The van der Waals surface area contributed by atoms with Crippen molar-refractivity contribution in [2.24, 2.45) is 0 Å². The maximum absolute atomic E-state index is 5.26. The normalized spacial score (nSPS) is 11.3. The summed E-state index contributed by atoms with van der Waals surface area (Å²) < 4.78 is 2.33. The van der Waals surface area contributed by atoms with Gasteiger partial charge in [-0.25, -0.2) is 9.97 Å². The summed E-state index contributed by atoms with van der Waals surface area (Å²) in [4.78, 5) is 10.5. The van der Waals surface area contributed by atoms with Gasteiger partial charge in [0.1, 0.15) is 0 Å². The highest BCUT2D eigenvalue weighted by molar-refractivity contribution is 7.26. The fourth-order valence-corrected chi connectivity index (χ4v) is 8.63. The Morgan fingerprint density at radius 3 is 1.31 bits per heavy atom. The van der Waals surface area contributed by atoms with Crippen LogP contribution in [0.15, 0.2) is 206 Å². The van der Waals surface area contributed by atoms with Gasteiger partial charge in [-0.3, -0.25) is 0 Å². The van der Waals surface area contributed by atoms with Crippen LogP contribution in [0.4, 0.5) is 0 Å². The Hall–Kier alpha value is -6.94. The Morgan fingerprint density at radius 1 is 0.291 bits per heavy atom. The van der Waals surface area contributed by atoms with Crippen molar-refractivity contribution < 1.29 is 0 Å². The summed E-state index contributed by atoms with van der Waals surface area (Å²) in [6, 6.07) is 73.5. The van der Waals surface area contributed by atoms with E-state index in [9.17, 15) is 0 Å². The van der Waals surface area contributed by atoms with Gasteiger partial charge in [-0.1, -0.05) is 170 Å². The first-order chi connectivity index (χ1) is 27.2. The molecule has 0 saturated heterocycles. The lowest BCUT2D eigenvalue weighted by atomic mass is 9.91. The highest BCUT2D eigenvalue weighted by Gasteiger charge is 2.17. The molecular weight excluding hydrogens is 685 g/mol. The van der Waals surface area contributed by atoms with Crippen molar-refractivity contribution in [2.45, 2.75) is 0 Å². The molecule has 3 heteroatoms. The van der Waals surface area contributed by atoms with E-state index in [-0.39, 0.29) is 0 Å². The standard InChI is InChI=1S/C52H34N2S/c1-4-14-35(15-5-1)37-26-28-38(29-27-37)40-20-12-21-41(30-40)45-32-44(36-16-6-2-7-17-36)33-46(34-45)42-22-13-23-43(31-42)52-53-49(39-18-8-3-9-19-39)51-50(54-52)47-24-10-11-25-48(47)55-51/h1-34H. The number of hydrogen-bond donors (Lipinski definition) is 0. The summed E-state index contributed by atoms with van der Waals surface area (Å²) in [6.07, 6.45) is 0. The van der Waals surface area contributed by atoms with Crippen LogP contribution in [0.1, 0.15) is 0 Å². The summed E-state index contributed by atoms with van der Waals surface area (Å²) in [5, 5.41) is 1.16. The second kappa shape index (κ2) is 14.1. The van der Waals surface area contributed by atoms with Gasteiger partial charge in [0.25, 0.3) is 0 Å². The first-order valence-electron chi connectivity index (χ1n) is 18.6. The summed E-state index contributed by atoms with van der Waals surface area (Å²) >= 11 is 1.76. The molecule has 10 aromatic rings. The average Bonchev–Trinajstić information content (AvgIpc) is 3.66. The molecule has 0 N–H and O–H groups in total. The minimum Gasteiger partial charge on any atom is -0.226 e. The van der Waals surface area contributed by atoms with E-state index in [4.69, 9.17) is 9.97 Å². The molecule has 10 rings (SSSR count). The van der Waals surface area contributed by atoms with Gasteiger partial charge < -0.3 is 0 Å². The Balaban J connectivity index is 1.08. The molecule has 0 aliphatic rings. The second-order valence-corrected chi connectivity index (χ2v) is 14.9. The van der Waals surface area contributed by atoms with Gasteiger partial charge in [0.2, 0.25) is 0 Å². The summed E-state index contributed by atoms with van der Waals surface area (Å²) in [5.41, 5.74) is 15.8. The van der Waals surface area contributed by atoms with Gasteiger partial charge in [0.05, 0.1) is 15.9 Å². The van der Waals surface area contributed by atoms with Crippen molar-refractivity contribution >= 4 is 31.6 Å². The minimum atomic E-state index is 0.724. The molecule has 2 aromatic heterocycles. The van der Waals surface area contributed by atoms with Crippen LogP contribution >= 0.6 is 11.3 Å². The molecule has 0 saturated carbocycles. The molecular formula is C52H34N2S. The molecule has 8 aromatic carbocycles. The van der Waals surface area contributed by atoms with Crippen molar-refractivity contribution in [3.8, 4) is 78.3 Å². The zero-order valence-electron chi connectivity index (χ0n) is 29.9. The van der Waals surface area contributed by atoms with E-state index in [0.717, 1.165) is 49.4 Å². The van der Waals surface area contributed by atoms with Gasteiger partial charge in [-0.05, 0) is 92.0 Å². The first-order valence-corrected chi connectivity index (χ1v) is 19.4. The number of aromatic nitrogens is 2. The topological polar surface area (TPSA) is 25.8 Å². The number of hydrogen-bond acceptors (Lipinski definition) is 3. The van der Waals surface area contributed by atoms with Crippen LogP contribution < -0.4 is 0 Å². The summed E-state index contributed by atoms with van der Waals surface area (Å²) in [5.74, 6) is 0.724. The molecule has 0 bridgehead atoms. The molecule has 0 atom stereocenters. The Labute approximate surface area is 324 Å². The molecule has 55 heavy (non-hydrogen) atoms. The van der Waals surface area contributed by atoms with E-state index in [0.29, 0.717) is 0 Å². The largest absolute Gasteiger partial charge is 0.226 e. The Morgan fingerprint density at radius 2 is 0.691 bits per heavy atom. The predicted octanol–water partition coefficient (Wildman–Crippen LogP) is 14.5. The van der Waals surface area contributed by atoms with Crippen molar-refractivity contribution in [1.82, 2.24) is 9.97 Å². The quantitative estimate of drug-likeness (QED) is 0.164. The SMILES string of the molecule is c1ccc(-c2ccc(-c3cccc(-c4cc(-c5ccccc5)cc(-c5cccc(-c6nc(-c7ccccc7)c7sc8ccccc8c7n6)c5)c4)c3)cc2)cc1. The third-order valence-electron chi connectivity index (χ3n) is 10.3. The molecule has 0 unspecified atom stereocenters. The summed E-state index contributed by atoms with van der Waals surface area (Å²) in [7, 11) is 0. The number of fused-ring (bicyclic) bond motifs is 3. The van der Waals surface area contributed by atoms with Crippen LogP contribution in [-0.2, 0) is 0 Å². The van der Waals surface area contributed by atoms with Gasteiger partial charge in [0.15, 0.2) is 5.82 Å². The Bertz CT molecular complexity index is 2950. The minimum absolute atomic E-state index is 0.724. The molecule has 2 nitrogen and oxygen atoms in total. The van der Waals surface area contributed by atoms with E-state index in [1.54, 1.807) is 11.3 Å². The van der Waals surface area contributed by atoms with Crippen LogP contribution in [-0.4, -0.2) is 9.97 Å². The molecule has 258 valence electrons. The molecule has 0 aliphatic heterocycles. The molecule has 0 radical (unpaired) electrons. The zero-order valence-corrected chi connectivity index (χ0v) is 30.7. The Kier molecular flexibility index (Phi) is 8.40. The van der Waals surface area contributed by atoms with E-state index in [1.165, 1.54) is 49.2 Å². The molecule has 0 amide bonds. The number of thiophene rings is 1. The van der Waals surface area contributed by atoms with Gasteiger partial charge >= 0.3 is 0 Å². The van der Waals surface area contributed by atoms with Crippen molar-refractivity contribution in [2.75, 3.05) is 0 Å². The average molecular weight is 719 g/mol. The van der Waals surface area contributed by atoms with Crippen molar-refractivity contribution in [1.29, 1.82) is 0 Å². The third kappa shape index (κ3) is 6.41. The lowest BCUT2D eigenvalue weighted by molar-refractivity contribution is 1.24. The fraction of sp³-hybridized carbons (Fsp3) is 0. The molecule has 0 fully saturated rings.